The first-order chi connectivity index (χ1) is 7.48. The second kappa shape index (κ2) is 4.05. The Morgan fingerprint density at radius 2 is 2.00 bits per heavy atom. The molecule has 0 amide bonds. The van der Waals surface area contributed by atoms with E-state index in [0.717, 1.165) is 0 Å². The van der Waals surface area contributed by atoms with Crippen molar-refractivity contribution in [3.8, 4) is 0 Å². The third kappa shape index (κ3) is 2.35. The first-order valence-electron chi connectivity index (χ1n) is 5.02. The molecule has 0 aliphatic carbocycles. The Morgan fingerprint density at radius 1 is 1.38 bits per heavy atom. The van der Waals surface area contributed by atoms with Crippen LogP contribution in [-0.2, 0) is 0 Å². The van der Waals surface area contributed by atoms with Crippen LogP contribution in [0.2, 0.25) is 5.02 Å². The van der Waals surface area contributed by atoms with E-state index < -0.39 is 5.92 Å². The van der Waals surface area contributed by atoms with E-state index in [1.54, 1.807) is 11.0 Å². The Bertz CT molecular complexity index is 388. The van der Waals surface area contributed by atoms with Crippen molar-refractivity contribution in [3.05, 3.63) is 17.3 Å². The zero-order valence-electron chi connectivity index (χ0n) is 8.59. The van der Waals surface area contributed by atoms with E-state index in [4.69, 9.17) is 17.3 Å². The second-order valence-corrected chi connectivity index (χ2v) is 4.31. The van der Waals surface area contributed by atoms with E-state index in [2.05, 4.69) is 4.98 Å². The third-order valence-corrected chi connectivity index (χ3v) is 3.01. The molecule has 1 saturated heterocycles. The molecule has 1 fully saturated rings. The van der Waals surface area contributed by atoms with Crippen LogP contribution in [0.25, 0.3) is 0 Å². The molecule has 0 aromatic carbocycles. The normalized spacial score (nSPS) is 19.8. The van der Waals surface area contributed by atoms with Gasteiger partial charge in [-0.1, -0.05) is 11.6 Å². The number of alkyl halides is 2. The highest BCUT2D eigenvalue weighted by Gasteiger charge is 2.34. The van der Waals surface area contributed by atoms with Crippen molar-refractivity contribution in [1.82, 2.24) is 4.98 Å². The van der Waals surface area contributed by atoms with Crippen molar-refractivity contribution < 1.29 is 8.78 Å². The lowest BCUT2D eigenvalue weighted by molar-refractivity contribution is -0.0221. The summed E-state index contributed by atoms with van der Waals surface area (Å²) in [5, 5.41) is 0.405. The zero-order chi connectivity index (χ0) is 11.8. The van der Waals surface area contributed by atoms with Gasteiger partial charge in [-0.15, -0.1) is 0 Å². The molecule has 1 aliphatic rings. The summed E-state index contributed by atoms with van der Waals surface area (Å²) < 4.78 is 25.9. The minimum atomic E-state index is -2.55. The highest BCUT2D eigenvalue weighted by atomic mass is 35.5. The lowest BCUT2D eigenvalue weighted by Gasteiger charge is -2.32. The fourth-order valence-electron chi connectivity index (χ4n) is 1.67. The van der Waals surface area contributed by atoms with Crippen molar-refractivity contribution in [2.24, 2.45) is 0 Å². The van der Waals surface area contributed by atoms with Gasteiger partial charge in [0.2, 0.25) is 0 Å². The highest BCUT2D eigenvalue weighted by molar-refractivity contribution is 6.33. The summed E-state index contributed by atoms with van der Waals surface area (Å²) in [6, 6.07) is 1.61. The summed E-state index contributed by atoms with van der Waals surface area (Å²) in [6.45, 7) is 0.584. The monoisotopic (exact) mass is 247 g/mol. The van der Waals surface area contributed by atoms with Gasteiger partial charge in [0, 0.05) is 32.0 Å². The molecule has 88 valence electrons. The predicted molar refractivity (Wildman–Crippen MR) is 60.1 cm³/mol. The number of nitrogen functional groups attached to an aromatic ring is 1. The van der Waals surface area contributed by atoms with Gasteiger partial charge in [0.1, 0.15) is 5.82 Å². The number of halogens is 3. The maximum absolute atomic E-state index is 12.9. The summed E-state index contributed by atoms with van der Waals surface area (Å²) in [6.07, 6.45) is 1.16. The van der Waals surface area contributed by atoms with Crippen LogP contribution in [0.4, 0.5) is 20.3 Å². The molecule has 2 N–H and O–H groups in total. The molecule has 0 unspecified atom stereocenters. The number of hydrogen-bond acceptors (Lipinski definition) is 3. The summed E-state index contributed by atoms with van der Waals surface area (Å²) in [4.78, 5) is 5.88. The third-order valence-electron chi connectivity index (χ3n) is 2.69. The van der Waals surface area contributed by atoms with Crippen LogP contribution in [0.15, 0.2) is 12.3 Å². The minimum Gasteiger partial charge on any atom is -0.396 e. The van der Waals surface area contributed by atoms with Crippen LogP contribution in [0, 0.1) is 0 Å². The topological polar surface area (TPSA) is 42.1 Å². The van der Waals surface area contributed by atoms with Gasteiger partial charge in [-0.3, -0.25) is 0 Å². The standard InChI is InChI=1S/C10H12ClF2N3/c11-7-5-9(15-6-8(7)14)16-3-1-10(12,13)2-4-16/h5-6H,1-4,14H2. The Kier molecular flexibility index (Phi) is 2.88. The molecule has 1 aromatic rings. The molecule has 0 bridgehead atoms. The first-order valence-corrected chi connectivity index (χ1v) is 5.39. The van der Waals surface area contributed by atoms with E-state index >= 15 is 0 Å². The highest BCUT2D eigenvalue weighted by Crippen LogP contribution is 2.31. The van der Waals surface area contributed by atoms with Crippen LogP contribution < -0.4 is 10.6 Å². The van der Waals surface area contributed by atoms with E-state index in [-0.39, 0.29) is 12.8 Å². The van der Waals surface area contributed by atoms with Crippen molar-refractivity contribution in [3.63, 3.8) is 0 Å². The number of hydrogen-bond donors (Lipinski definition) is 1. The summed E-state index contributed by atoms with van der Waals surface area (Å²) >= 11 is 5.85. The average Bonchev–Trinajstić information content (AvgIpc) is 2.22. The lowest BCUT2D eigenvalue weighted by atomic mass is 10.1. The molecule has 16 heavy (non-hydrogen) atoms. The number of pyridine rings is 1. The van der Waals surface area contributed by atoms with Gasteiger partial charge in [0.15, 0.2) is 0 Å². The molecule has 2 heterocycles. The molecule has 1 aromatic heterocycles. The number of piperidine rings is 1. The fraction of sp³-hybridized carbons (Fsp3) is 0.500. The van der Waals surface area contributed by atoms with Crippen LogP contribution in [0.1, 0.15) is 12.8 Å². The second-order valence-electron chi connectivity index (χ2n) is 3.91. The lowest BCUT2D eigenvalue weighted by Crippen LogP contribution is -2.39. The average molecular weight is 248 g/mol. The van der Waals surface area contributed by atoms with Crippen LogP contribution in [0.5, 0.6) is 0 Å². The summed E-state index contributed by atoms with van der Waals surface area (Å²) in [7, 11) is 0. The quantitative estimate of drug-likeness (QED) is 0.829. The van der Waals surface area contributed by atoms with Gasteiger partial charge in [-0.05, 0) is 0 Å². The molecule has 3 nitrogen and oxygen atoms in total. The van der Waals surface area contributed by atoms with Crippen LogP contribution >= 0.6 is 11.6 Å². The molecule has 0 saturated carbocycles. The largest absolute Gasteiger partial charge is 0.396 e. The van der Waals surface area contributed by atoms with Gasteiger partial charge in [0.25, 0.3) is 5.92 Å². The minimum absolute atomic E-state index is 0.142. The van der Waals surface area contributed by atoms with Crippen molar-refractivity contribution in [1.29, 1.82) is 0 Å². The Balaban J connectivity index is 2.11. The van der Waals surface area contributed by atoms with E-state index in [1.807, 2.05) is 0 Å². The number of rotatable bonds is 1. The van der Waals surface area contributed by atoms with Gasteiger partial charge in [-0.25, -0.2) is 13.8 Å². The predicted octanol–water partition coefficient (Wildman–Crippen LogP) is 2.55. The van der Waals surface area contributed by atoms with E-state index in [9.17, 15) is 8.78 Å². The van der Waals surface area contributed by atoms with E-state index in [0.29, 0.717) is 29.6 Å². The maximum atomic E-state index is 12.9. The Hall–Kier alpha value is -1.10. The van der Waals surface area contributed by atoms with Gasteiger partial charge >= 0.3 is 0 Å². The van der Waals surface area contributed by atoms with Crippen molar-refractivity contribution in [2.75, 3.05) is 23.7 Å². The summed E-state index contributed by atoms with van der Waals surface area (Å²) in [5.74, 6) is -1.94. The van der Waals surface area contributed by atoms with Crippen LogP contribution in [-0.4, -0.2) is 24.0 Å². The van der Waals surface area contributed by atoms with E-state index in [1.165, 1.54) is 6.20 Å². The van der Waals surface area contributed by atoms with Crippen molar-refractivity contribution in [2.45, 2.75) is 18.8 Å². The molecule has 0 spiro atoms. The molecule has 1 aliphatic heterocycles. The summed E-state index contributed by atoms with van der Waals surface area (Å²) in [5.41, 5.74) is 5.92. The molecule has 0 atom stereocenters. The fourth-order valence-corrected chi connectivity index (χ4v) is 1.81. The smallest absolute Gasteiger partial charge is 0.251 e. The first kappa shape index (κ1) is 11.4. The number of nitrogens with zero attached hydrogens (tertiary/aromatic N) is 2. The molecule has 2 rings (SSSR count). The number of aromatic nitrogens is 1. The molecular formula is C10H12ClF2N3. The number of anilines is 2. The number of nitrogens with two attached hydrogens (primary N) is 1. The van der Waals surface area contributed by atoms with Gasteiger partial charge < -0.3 is 10.6 Å². The van der Waals surface area contributed by atoms with Gasteiger partial charge in [0.05, 0.1) is 16.9 Å². The SMILES string of the molecule is Nc1cnc(N2CCC(F)(F)CC2)cc1Cl. The van der Waals surface area contributed by atoms with Crippen molar-refractivity contribution >= 4 is 23.1 Å². The molecule has 6 heteroatoms. The van der Waals surface area contributed by atoms with Gasteiger partial charge in [-0.2, -0.15) is 0 Å². The zero-order valence-corrected chi connectivity index (χ0v) is 9.34. The molecular weight excluding hydrogens is 236 g/mol. The Morgan fingerprint density at radius 3 is 2.56 bits per heavy atom. The Labute approximate surface area is 97.2 Å². The molecule has 0 radical (unpaired) electrons. The maximum Gasteiger partial charge on any atom is 0.251 e. The van der Waals surface area contributed by atoms with Crippen LogP contribution in [0.3, 0.4) is 0 Å².